The van der Waals surface area contributed by atoms with Gasteiger partial charge in [-0.15, -0.1) is 0 Å². The monoisotopic (exact) mass is 397 g/mol. The maximum Gasteiger partial charge on any atom is 0.273 e. The van der Waals surface area contributed by atoms with Crippen molar-refractivity contribution in [3.8, 4) is 5.75 Å². The van der Waals surface area contributed by atoms with Gasteiger partial charge in [0.25, 0.3) is 5.69 Å². The van der Waals surface area contributed by atoms with Crippen LogP contribution in [0.15, 0.2) is 54.7 Å². The third kappa shape index (κ3) is 4.63. The molecule has 2 N–H and O–H groups in total. The van der Waals surface area contributed by atoms with Crippen LogP contribution in [-0.2, 0) is 6.54 Å². The minimum atomic E-state index is -0.482. The molecule has 0 spiro atoms. The molecule has 2 aromatic carbocycles. The lowest BCUT2D eigenvalue weighted by molar-refractivity contribution is -0.384. The van der Waals surface area contributed by atoms with Crippen LogP contribution in [-0.4, -0.2) is 26.9 Å². The van der Waals surface area contributed by atoms with E-state index in [1.807, 2.05) is 29.1 Å². The number of benzene rings is 2. The first-order valence-corrected chi connectivity index (χ1v) is 8.85. The number of anilines is 2. The van der Waals surface area contributed by atoms with Gasteiger partial charge in [-0.1, -0.05) is 24.3 Å². The number of nitro benzene ring substituents is 1. The van der Waals surface area contributed by atoms with Crippen LogP contribution >= 0.6 is 12.2 Å². The third-order valence-electron chi connectivity index (χ3n) is 4.12. The molecule has 0 fully saturated rings. The Kier molecular flexibility index (Phi) is 5.85. The smallest absolute Gasteiger partial charge is 0.273 e. The molecular weight excluding hydrogens is 378 g/mol. The molecule has 9 heteroatoms. The van der Waals surface area contributed by atoms with Gasteiger partial charge >= 0.3 is 0 Å². The van der Waals surface area contributed by atoms with Crippen LogP contribution in [0.5, 0.6) is 5.75 Å². The van der Waals surface area contributed by atoms with Crippen molar-refractivity contribution in [3.05, 3.63) is 76.0 Å². The van der Waals surface area contributed by atoms with Gasteiger partial charge in [0.15, 0.2) is 10.9 Å². The third-order valence-corrected chi connectivity index (χ3v) is 4.32. The normalized spacial score (nSPS) is 10.4. The first-order chi connectivity index (χ1) is 13.5. The molecule has 1 heterocycles. The van der Waals surface area contributed by atoms with Crippen molar-refractivity contribution in [2.24, 2.45) is 0 Å². The van der Waals surface area contributed by atoms with Crippen LogP contribution in [0, 0.1) is 17.0 Å². The highest BCUT2D eigenvalue weighted by molar-refractivity contribution is 7.80. The number of non-ortho nitro benzene ring substituents is 1. The number of aromatic nitrogens is 2. The first kappa shape index (κ1) is 19.3. The lowest BCUT2D eigenvalue weighted by Gasteiger charge is -2.12. The number of rotatable bonds is 6. The second-order valence-corrected chi connectivity index (χ2v) is 6.45. The summed E-state index contributed by atoms with van der Waals surface area (Å²) in [7, 11) is 1.44. The highest BCUT2D eigenvalue weighted by Crippen LogP contribution is 2.29. The fourth-order valence-corrected chi connectivity index (χ4v) is 2.86. The van der Waals surface area contributed by atoms with Crippen LogP contribution in [0.25, 0.3) is 0 Å². The number of hydrogen-bond acceptors (Lipinski definition) is 5. The van der Waals surface area contributed by atoms with E-state index in [1.165, 1.54) is 30.4 Å². The van der Waals surface area contributed by atoms with Crippen LogP contribution < -0.4 is 15.4 Å². The summed E-state index contributed by atoms with van der Waals surface area (Å²) in [4.78, 5) is 10.4. The van der Waals surface area contributed by atoms with Gasteiger partial charge in [-0.25, -0.2) is 0 Å². The molecule has 8 nitrogen and oxygen atoms in total. The van der Waals surface area contributed by atoms with Crippen LogP contribution in [0.1, 0.15) is 11.1 Å². The molecule has 1 aromatic heterocycles. The van der Waals surface area contributed by atoms with E-state index in [-0.39, 0.29) is 5.69 Å². The zero-order valence-corrected chi connectivity index (χ0v) is 16.2. The summed E-state index contributed by atoms with van der Waals surface area (Å²) in [6, 6.07) is 14.2. The van der Waals surface area contributed by atoms with Crippen molar-refractivity contribution >= 4 is 34.5 Å². The molecule has 0 radical (unpaired) electrons. The van der Waals surface area contributed by atoms with E-state index in [0.717, 1.165) is 0 Å². The maximum atomic E-state index is 10.9. The summed E-state index contributed by atoms with van der Waals surface area (Å²) in [6.45, 7) is 2.72. The molecule has 0 aliphatic rings. The van der Waals surface area contributed by atoms with Crippen molar-refractivity contribution < 1.29 is 9.66 Å². The molecule has 0 amide bonds. The Hall–Kier alpha value is -3.46. The van der Waals surface area contributed by atoms with E-state index in [9.17, 15) is 10.1 Å². The lowest BCUT2D eigenvalue weighted by atomic mass is 10.1. The molecular formula is C19H19N5O3S. The van der Waals surface area contributed by atoms with Crippen LogP contribution in [0.3, 0.4) is 0 Å². The predicted molar refractivity (Wildman–Crippen MR) is 112 cm³/mol. The Balaban J connectivity index is 1.65. The molecule has 0 unspecified atom stereocenters. The molecule has 144 valence electrons. The number of nitrogens with one attached hydrogen (secondary N) is 2. The van der Waals surface area contributed by atoms with Gasteiger partial charge in [-0.2, -0.15) is 5.10 Å². The van der Waals surface area contributed by atoms with Gasteiger partial charge in [0.05, 0.1) is 30.3 Å². The van der Waals surface area contributed by atoms with Crippen molar-refractivity contribution in [1.82, 2.24) is 9.78 Å². The second-order valence-electron chi connectivity index (χ2n) is 6.05. The van der Waals surface area contributed by atoms with E-state index in [0.29, 0.717) is 28.9 Å². The maximum absolute atomic E-state index is 10.9. The Morgan fingerprint density at radius 2 is 2.04 bits per heavy atom. The van der Waals surface area contributed by atoms with Crippen molar-refractivity contribution in [3.63, 3.8) is 0 Å². The van der Waals surface area contributed by atoms with Crippen molar-refractivity contribution in [2.75, 3.05) is 17.7 Å². The summed E-state index contributed by atoms with van der Waals surface area (Å²) in [5.74, 6) is 0.912. The molecule has 28 heavy (non-hydrogen) atoms. The molecule has 0 aliphatic carbocycles. The number of thiocarbonyl (C=S) groups is 1. The standard InChI is InChI=1S/C19H19N5O3S/c1-13-5-3-4-6-14(13)12-23-10-9-18(22-23)21-19(28)20-16-8-7-15(24(25)26)11-17(16)27-2/h3-11H,12H2,1-2H3,(H2,20,21,22,28). The molecule has 0 saturated carbocycles. The summed E-state index contributed by atoms with van der Waals surface area (Å²) < 4.78 is 7.01. The highest BCUT2D eigenvalue weighted by Gasteiger charge is 2.12. The summed E-state index contributed by atoms with van der Waals surface area (Å²) in [6.07, 6.45) is 1.86. The lowest BCUT2D eigenvalue weighted by Crippen LogP contribution is -2.20. The highest BCUT2D eigenvalue weighted by atomic mass is 32.1. The quantitative estimate of drug-likeness (QED) is 0.369. The number of methoxy groups -OCH3 is 1. The number of hydrogen-bond donors (Lipinski definition) is 2. The molecule has 0 bridgehead atoms. The van der Waals surface area contributed by atoms with E-state index in [4.69, 9.17) is 17.0 Å². The Labute approximate surface area is 167 Å². The predicted octanol–water partition coefficient (Wildman–Crippen LogP) is 3.97. The molecule has 3 aromatic rings. The largest absolute Gasteiger partial charge is 0.494 e. The molecule has 0 saturated heterocycles. The number of nitro groups is 1. The molecule has 0 aliphatic heterocycles. The summed E-state index contributed by atoms with van der Waals surface area (Å²) in [5.41, 5.74) is 2.85. The SMILES string of the molecule is COc1cc([N+](=O)[O-])ccc1NC(=S)Nc1ccn(Cc2ccccc2C)n1. The minimum Gasteiger partial charge on any atom is -0.494 e. The first-order valence-electron chi connectivity index (χ1n) is 8.44. The van der Waals surface area contributed by atoms with Crippen LogP contribution in [0.2, 0.25) is 0 Å². The second kappa shape index (κ2) is 8.49. The molecule has 0 atom stereocenters. The van der Waals surface area contributed by atoms with Crippen molar-refractivity contribution in [1.29, 1.82) is 0 Å². The van der Waals surface area contributed by atoms with E-state index in [2.05, 4.69) is 34.8 Å². The van der Waals surface area contributed by atoms with E-state index < -0.39 is 4.92 Å². The zero-order valence-electron chi connectivity index (χ0n) is 15.4. The Bertz CT molecular complexity index is 1020. The van der Waals surface area contributed by atoms with Gasteiger partial charge in [0.2, 0.25) is 0 Å². The Morgan fingerprint density at radius 1 is 1.25 bits per heavy atom. The Morgan fingerprint density at radius 3 is 2.75 bits per heavy atom. The van der Waals surface area contributed by atoms with Gasteiger partial charge in [-0.05, 0) is 36.3 Å². The average Bonchev–Trinajstić information content (AvgIpc) is 3.10. The average molecular weight is 397 g/mol. The van der Waals surface area contributed by atoms with Gasteiger partial charge in [0.1, 0.15) is 5.75 Å². The van der Waals surface area contributed by atoms with E-state index in [1.54, 1.807) is 6.07 Å². The number of nitrogens with zero attached hydrogens (tertiary/aromatic N) is 3. The van der Waals surface area contributed by atoms with Crippen molar-refractivity contribution in [2.45, 2.75) is 13.5 Å². The van der Waals surface area contributed by atoms with Gasteiger partial charge in [0, 0.05) is 18.3 Å². The molecule has 3 rings (SSSR count). The van der Waals surface area contributed by atoms with E-state index >= 15 is 0 Å². The number of aryl methyl sites for hydroxylation is 1. The fourth-order valence-electron chi connectivity index (χ4n) is 2.65. The number of ether oxygens (including phenoxy) is 1. The van der Waals surface area contributed by atoms with Gasteiger partial charge < -0.3 is 15.4 Å². The van der Waals surface area contributed by atoms with Gasteiger partial charge in [-0.3, -0.25) is 14.8 Å². The summed E-state index contributed by atoms with van der Waals surface area (Å²) >= 11 is 5.31. The fraction of sp³-hybridized carbons (Fsp3) is 0.158. The minimum absolute atomic E-state index is 0.0590. The van der Waals surface area contributed by atoms with Crippen LogP contribution in [0.4, 0.5) is 17.2 Å². The topological polar surface area (TPSA) is 94.3 Å². The summed E-state index contributed by atoms with van der Waals surface area (Å²) in [5, 5.41) is 21.6. The zero-order chi connectivity index (χ0) is 20.1.